The first-order valence-corrected chi connectivity index (χ1v) is 9.11. The minimum atomic E-state index is -0.0728. The van der Waals surface area contributed by atoms with Crippen LogP contribution in [-0.4, -0.2) is 45.0 Å². The van der Waals surface area contributed by atoms with Crippen LogP contribution in [0, 0.1) is 0 Å². The van der Waals surface area contributed by atoms with E-state index < -0.39 is 0 Å². The van der Waals surface area contributed by atoms with Crippen LogP contribution in [0.2, 0.25) is 5.02 Å². The lowest BCUT2D eigenvalue weighted by molar-refractivity contribution is 0.202. The van der Waals surface area contributed by atoms with Gasteiger partial charge in [0, 0.05) is 42.6 Å². The van der Waals surface area contributed by atoms with Crippen LogP contribution in [0.1, 0.15) is 6.92 Å². The molecule has 0 bridgehead atoms. The van der Waals surface area contributed by atoms with E-state index in [1.807, 2.05) is 24.3 Å². The molecule has 0 spiro atoms. The highest BCUT2D eigenvalue weighted by molar-refractivity contribution is 6.30. The first-order valence-electron chi connectivity index (χ1n) is 8.74. The smallest absolute Gasteiger partial charge is 0.123 e. The molecule has 2 aliphatic heterocycles. The molecule has 0 aromatic heterocycles. The number of ether oxygens (including phenoxy) is 2. The molecule has 0 amide bonds. The van der Waals surface area contributed by atoms with Crippen LogP contribution in [0.3, 0.4) is 0 Å². The molecule has 2 saturated heterocycles. The topological polar surface area (TPSA) is 28.2 Å². The van der Waals surface area contributed by atoms with Gasteiger partial charge >= 0.3 is 0 Å². The highest BCUT2D eigenvalue weighted by Crippen LogP contribution is 2.28. The molecule has 2 aliphatic rings. The quantitative estimate of drug-likeness (QED) is 0.759. The minimum absolute atomic E-state index is 0.0728. The summed E-state index contributed by atoms with van der Waals surface area (Å²) in [6.45, 7) is 7.52. The van der Waals surface area contributed by atoms with Gasteiger partial charge in [-0.1, -0.05) is 11.6 Å². The Kier molecular flexibility index (Phi) is 4.48. The van der Waals surface area contributed by atoms with Gasteiger partial charge in [-0.05, 0) is 55.5 Å². The number of halogens is 1. The maximum absolute atomic E-state index is 5.97. The van der Waals surface area contributed by atoms with Crippen LogP contribution in [0.15, 0.2) is 48.5 Å². The zero-order valence-electron chi connectivity index (χ0n) is 14.5. The summed E-state index contributed by atoms with van der Waals surface area (Å²) in [6, 6.07) is 16.5. The Hall–Kier alpha value is -1.91. The first-order chi connectivity index (χ1) is 12.1. The first kappa shape index (κ1) is 16.6. The van der Waals surface area contributed by atoms with Crippen molar-refractivity contribution < 1.29 is 9.47 Å². The Bertz CT molecular complexity index is 705. The lowest BCUT2D eigenvalue weighted by Gasteiger charge is -2.37. The minimum Gasteiger partial charge on any atom is -0.491 e. The van der Waals surface area contributed by atoms with Crippen LogP contribution in [-0.2, 0) is 4.74 Å². The third-order valence-corrected chi connectivity index (χ3v) is 5.11. The maximum atomic E-state index is 5.97. The van der Waals surface area contributed by atoms with Gasteiger partial charge in [-0.2, -0.15) is 0 Å². The van der Waals surface area contributed by atoms with E-state index in [-0.39, 0.29) is 5.60 Å². The SMILES string of the molecule is C[C@]1(COc2ccc(N3CCN(c4ccc(Cl)cc4)CC3)cc2)CO1. The highest BCUT2D eigenvalue weighted by Gasteiger charge is 2.40. The van der Waals surface area contributed by atoms with Crippen molar-refractivity contribution in [2.45, 2.75) is 12.5 Å². The van der Waals surface area contributed by atoms with Gasteiger partial charge in [-0.25, -0.2) is 0 Å². The molecule has 132 valence electrons. The molecular weight excluding hydrogens is 336 g/mol. The lowest BCUT2D eigenvalue weighted by Crippen LogP contribution is -2.46. The molecule has 2 aromatic carbocycles. The van der Waals surface area contributed by atoms with Crippen molar-refractivity contribution in [3.63, 3.8) is 0 Å². The molecule has 2 aromatic rings. The van der Waals surface area contributed by atoms with Gasteiger partial charge in [0.15, 0.2) is 0 Å². The van der Waals surface area contributed by atoms with E-state index in [1.165, 1.54) is 11.4 Å². The highest BCUT2D eigenvalue weighted by atomic mass is 35.5. The molecule has 4 rings (SSSR count). The van der Waals surface area contributed by atoms with E-state index in [4.69, 9.17) is 21.1 Å². The Labute approximate surface area is 153 Å². The lowest BCUT2D eigenvalue weighted by atomic mass is 10.2. The summed E-state index contributed by atoms with van der Waals surface area (Å²) in [5.74, 6) is 0.903. The van der Waals surface area contributed by atoms with E-state index in [1.54, 1.807) is 0 Å². The summed E-state index contributed by atoms with van der Waals surface area (Å²) in [5, 5.41) is 0.784. The van der Waals surface area contributed by atoms with Crippen LogP contribution in [0.5, 0.6) is 5.75 Å². The van der Waals surface area contributed by atoms with Gasteiger partial charge in [0.05, 0.1) is 6.61 Å². The van der Waals surface area contributed by atoms with Crippen molar-refractivity contribution in [1.82, 2.24) is 0 Å². The average molecular weight is 359 g/mol. The largest absolute Gasteiger partial charge is 0.491 e. The number of benzene rings is 2. The molecule has 5 heteroatoms. The summed E-state index contributed by atoms with van der Waals surface area (Å²) in [6.07, 6.45) is 0. The number of nitrogens with zero attached hydrogens (tertiary/aromatic N) is 2. The number of anilines is 2. The molecule has 0 unspecified atom stereocenters. The maximum Gasteiger partial charge on any atom is 0.123 e. The fourth-order valence-electron chi connectivity index (χ4n) is 3.07. The third-order valence-electron chi connectivity index (χ3n) is 4.85. The molecule has 2 heterocycles. The van der Waals surface area contributed by atoms with Crippen LogP contribution in [0.25, 0.3) is 0 Å². The van der Waals surface area contributed by atoms with Crippen molar-refractivity contribution in [2.75, 3.05) is 49.2 Å². The third kappa shape index (κ3) is 4.02. The number of piperazine rings is 1. The van der Waals surface area contributed by atoms with Crippen LogP contribution in [0.4, 0.5) is 11.4 Å². The Morgan fingerprint density at radius 1 is 0.920 bits per heavy atom. The standard InChI is InChI=1S/C20H23ClN2O2/c1-20(15-25-20)14-24-19-8-6-18(7-9-19)23-12-10-22(11-13-23)17-4-2-16(21)3-5-17/h2-9H,10-15H2,1H3/t20-/m0/s1. The van der Waals surface area contributed by atoms with Crippen molar-refractivity contribution >= 4 is 23.0 Å². The van der Waals surface area contributed by atoms with Crippen molar-refractivity contribution in [2.24, 2.45) is 0 Å². The fraction of sp³-hybridized carbons (Fsp3) is 0.400. The second-order valence-corrected chi connectivity index (χ2v) is 7.41. The molecule has 0 N–H and O–H groups in total. The molecule has 25 heavy (non-hydrogen) atoms. The van der Waals surface area contributed by atoms with Gasteiger partial charge in [0.1, 0.15) is 18.0 Å². The second kappa shape index (κ2) is 6.77. The summed E-state index contributed by atoms with van der Waals surface area (Å²) in [5.41, 5.74) is 2.41. The summed E-state index contributed by atoms with van der Waals surface area (Å²) < 4.78 is 11.1. The van der Waals surface area contributed by atoms with Crippen LogP contribution < -0.4 is 14.5 Å². The molecule has 1 atom stereocenters. The second-order valence-electron chi connectivity index (χ2n) is 6.97. The summed E-state index contributed by atoms with van der Waals surface area (Å²) >= 11 is 5.97. The average Bonchev–Trinajstić information content (AvgIpc) is 3.39. The molecule has 4 nitrogen and oxygen atoms in total. The predicted octanol–water partition coefficient (Wildman–Crippen LogP) is 3.83. The molecular formula is C20H23ClN2O2. The molecule has 2 fully saturated rings. The fourth-order valence-corrected chi connectivity index (χ4v) is 3.20. The Morgan fingerprint density at radius 3 is 1.88 bits per heavy atom. The van der Waals surface area contributed by atoms with E-state index in [2.05, 4.69) is 41.0 Å². The Morgan fingerprint density at radius 2 is 1.40 bits per heavy atom. The van der Waals surface area contributed by atoms with Gasteiger partial charge in [-0.3, -0.25) is 0 Å². The monoisotopic (exact) mass is 358 g/mol. The van der Waals surface area contributed by atoms with Gasteiger partial charge in [0.2, 0.25) is 0 Å². The van der Waals surface area contributed by atoms with Crippen molar-refractivity contribution in [1.29, 1.82) is 0 Å². The molecule has 0 radical (unpaired) electrons. The van der Waals surface area contributed by atoms with Gasteiger partial charge in [-0.15, -0.1) is 0 Å². The number of epoxide rings is 1. The zero-order valence-corrected chi connectivity index (χ0v) is 15.2. The van der Waals surface area contributed by atoms with Crippen molar-refractivity contribution in [3.05, 3.63) is 53.6 Å². The summed E-state index contributed by atoms with van der Waals surface area (Å²) in [4.78, 5) is 4.82. The Balaban J connectivity index is 1.31. The molecule has 0 saturated carbocycles. The normalized spacial score (nSPS) is 22.8. The van der Waals surface area contributed by atoms with Crippen molar-refractivity contribution in [3.8, 4) is 5.75 Å². The number of hydrogen-bond donors (Lipinski definition) is 0. The molecule has 0 aliphatic carbocycles. The van der Waals surface area contributed by atoms with Gasteiger partial charge in [0.25, 0.3) is 0 Å². The van der Waals surface area contributed by atoms with E-state index in [9.17, 15) is 0 Å². The zero-order chi connectivity index (χ0) is 17.3. The summed E-state index contributed by atoms with van der Waals surface area (Å²) in [7, 11) is 0. The van der Waals surface area contributed by atoms with E-state index >= 15 is 0 Å². The number of hydrogen-bond acceptors (Lipinski definition) is 4. The number of rotatable bonds is 5. The van der Waals surface area contributed by atoms with Gasteiger partial charge < -0.3 is 19.3 Å². The van der Waals surface area contributed by atoms with Crippen LogP contribution >= 0.6 is 11.6 Å². The predicted molar refractivity (Wildman–Crippen MR) is 102 cm³/mol. The van der Waals surface area contributed by atoms with E-state index in [0.29, 0.717) is 6.61 Å². The van der Waals surface area contributed by atoms with E-state index in [0.717, 1.165) is 43.6 Å².